The molecule has 0 radical (unpaired) electrons. The molecule has 132 valence electrons. The van der Waals surface area contributed by atoms with Crippen LogP contribution < -0.4 is 5.46 Å². The molecule has 0 amide bonds. The van der Waals surface area contributed by atoms with Crippen LogP contribution in [0.3, 0.4) is 0 Å². The highest BCUT2D eigenvalue weighted by atomic mass is 35.5. The van der Waals surface area contributed by atoms with Crippen LogP contribution in [0.2, 0.25) is 5.02 Å². The summed E-state index contributed by atoms with van der Waals surface area (Å²) in [4.78, 5) is 4.57. The maximum Gasteiger partial charge on any atom is 0.497 e. The number of alkyl halides is 3. The third kappa shape index (κ3) is 3.55. The van der Waals surface area contributed by atoms with Gasteiger partial charge in [-0.05, 0) is 45.4 Å². The van der Waals surface area contributed by atoms with Crippen molar-refractivity contribution in [3.05, 3.63) is 28.3 Å². The summed E-state index contributed by atoms with van der Waals surface area (Å²) in [5, 5.41) is 3.44. The molecule has 1 fully saturated rings. The zero-order valence-corrected chi connectivity index (χ0v) is 14.7. The van der Waals surface area contributed by atoms with Crippen LogP contribution in [0.5, 0.6) is 0 Å². The maximum absolute atomic E-state index is 13.0. The minimum atomic E-state index is -4.53. The third-order valence-corrected chi connectivity index (χ3v) is 4.59. The Hall–Kier alpha value is -1.25. The van der Waals surface area contributed by atoms with E-state index in [0.717, 1.165) is 18.3 Å². The fourth-order valence-electron chi connectivity index (χ4n) is 2.23. The Balaban J connectivity index is 2.56. The van der Waals surface area contributed by atoms with Crippen molar-refractivity contribution in [1.82, 2.24) is 0 Å². The lowest BCUT2D eigenvalue weighted by molar-refractivity contribution is -0.137. The maximum atomic E-state index is 13.0. The molecule has 2 rings (SSSR count). The van der Waals surface area contributed by atoms with E-state index in [4.69, 9.17) is 20.9 Å². The molecule has 4 nitrogen and oxygen atoms in total. The average Bonchev–Trinajstić information content (AvgIpc) is 2.63. The van der Waals surface area contributed by atoms with Crippen molar-refractivity contribution in [2.45, 2.75) is 45.1 Å². The molecule has 0 bridgehead atoms. The smallest absolute Gasteiger partial charge is 0.399 e. The van der Waals surface area contributed by atoms with E-state index >= 15 is 0 Å². The number of rotatable bonds is 3. The molecule has 0 aromatic heterocycles. The summed E-state index contributed by atoms with van der Waals surface area (Å²) in [6, 6.07) is 1.79. The minimum Gasteiger partial charge on any atom is -0.399 e. The highest BCUT2D eigenvalue weighted by Crippen LogP contribution is 2.38. The molecule has 1 aromatic rings. The Bertz CT molecular complexity index is 646. The Kier molecular flexibility index (Phi) is 4.96. The van der Waals surface area contributed by atoms with Crippen LogP contribution in [-0.2, 0) is 20.3 Å². The van der Waals surface area contributed by atoms with E-state index in [0.29, 0.717) is 0 Å². The molecule has 0 saturated carbocycles. The normalized spacial score (nSPS) is 20.0. The van der Waals surface area contributed by atoms with Gasteiger partial charge in [0.25, 0.3) is 0 Å². The molecule has 9 heteroatoms. The topological polar surface area (TPSA) is 40.0 Å². The molecule has 0 unspecified atom stereocenters. The van der Waals surface area contributed by atoms with Crippen molar-refractivity contribution in [2.75, 3.05) is 7.11 Å². The summed E-state index contributed by atoms with van der Waals surface area (Å²) in [5.74, 6) is 0. The number of oxime groups is 1. The second-order valence-corrected chi connectivity index (χ2v) is 6.87. The first-order valence-corrected chi connectivity index (χ1v) is 7.59. The minimum absolute atomic E-state index is 0.110. The molecular weight excluding hydrogens is 345 g/mol. The van der Waals surface area contributed by atoms with Crippen LogP contribution in [0.25, 0.3) is 0 Å². The van der Waals surface area contributed by atoms with E-state index in [1.54, 1.807) is 0 Å². The third-order valence-electron chi connectivity index (χ3n) is 4.28. The van der Waals surface area contributed by atoms with Crippen LogP contribution in [0.1, 0.15) is 38.8 Å². The van der Waals surface area contributed by atoms with Crippen LogP contribution in [0.4, 0.5) is 13.2 Å². The van der Waals surface area contributed by atoms with Gasteiger partial charge in [0.2, 0.25) is 0 Å². The molecule has 24 heavy (non-hydrogen) atoms. The second-order valence-electron chi connectivity index (χ2n) is 6.46. The van der Waals surface area contributed by atoms with Gasteiger partial charge in [-0.3, -0.25) is 0 Å². The van der Waals surface area contributed by atoms with E-state index in [-0.39, 0.29) is 16.0 Å². The summed E-state index contributed by atoms with van der Waals surface area (Å²) >= 11 is 6.12. The molecular formula is C15H18BClF3NO3. The van der Waals surface area contributed by atoms with Crippen molar-refractivity contribution < 1.29 is 27.3 Å². The number of nitrogens with zero attached hydrogens (tertiary/aromatic N) is 1. The fourth-order valence-corrected chi connectivity index (χ4v) is 2.54. The fraction of sp³-hybridized carbons (Fsp3) is 0.533. The lowest BCUT2D eigenvalue weighted by Crippen LogP contribution is -2.41. The first-order valence-electron chi connectivity index (χ1n) is 7.22. The zero-order chi connectivity index (χ0) is 18.3. The summed E-state index contributed by atoms with van der Waals surface area (Å²) in [5.41, 5.74) is -1.79. The van der Waals surface area contributed by atoms with Gasteiger partial charge < -0.3 is 14.1 Å². The molecule has 0 atom stereocenters. The Morgan fingerprint density at radius 1 is 1.17 bits per heavy atom. The summed E-state index contributed by atoms with van der Waals surface area (Å²) in [6.45, 7) is 7.36. The Labute approximate surface area is 144 Å². The first kappa shape index (κ1) is 19.1. The highest BCUT2D eigenvalue weighted by Gasteiger charge is 2.53. The first-order chi connectivity index (χ1) is 10.9. The monoisotopic (exact) mass is 363 g/mol. The van der Waals surface area contributed by atoms with Gasteiger partial charge in [0.05, 0.1) is 23.0 Å². The van der Waals surface area contributed by atoms with Gasteiger partial charge in [-0.2, -0.15) is 13.2 Å². The molecule has 1 aromatic carbocycles. The van der Waals surface area contributed by atoms with Gasteiger partial charge in [-0.25, -0.2) is 0 Å². The van der Waals surface area contributed by atoms with Crippen molar-refractivity contribution >= 4 is 30.4 Å². The standard InChI is InChI=1S/C15H18BClF3NO3/c1-13(2)14(3,4)24-16(23-13)12-9(8-21-22-5)6-10(7-11(12)17)15(18,19)20/h6-8H,1-5H3/b21-8+. The van der Waals surface area contributed by atoms with Crippen LogP contribution >= 0.6 is 11.6 Å². The van der Waals surface area contributed by atoms with E-state index in [9.17, 15) is 13.2 Å². The summed E-state index contributed by atoms with van der Waals surface area (Å²) < 4.78 is 50.9. The molecule has 0 spiro atoms. The molecule has 0 N–H and O–H groups in total. The van der Waals surface area contributed by atoms with Gasteiger partial charge in [-0.1, -0.05) is 16.8 Å². The van der Waals surface area contributed by atoms with Crippen LogP contribution in [0.15, 0.2) is 17.3 Å². The molecule has 1 heterocycles. The average molecular weight is 364 g/mol. The van der Waals surface area contributed by atoms with Crippen molar-refractivity contribution in [3.8, 4) is 0 Å². The number of halogens is 4. The van der Waals surface area contributed by atoms with E-state index in [1.807, 2.05) is 27.7 Å². The molecule has 1 aliphatic heterocycles. The molecule has 1 saturated heterocycles. The molecule has 1 aliphatic rings. The Morgan fingerprint density at radius 2 is 1.71 bits per heavy atom. The predicted molar refractivity (Wildman–Crippen MR) is 86.8 cm³/mol. The van der Waals surface area contributed by atoms with Gasteiger partial charge in [0.15, 0.2) is 0 Å². The van der Waals surface area contributed by atoms with Crippen LogP contribution in [-0.4, -0.2) is 31.6 Å². The van der Waals surface area contributed by atoms with E-state index in [2.05, 4.69) is 9.99 Å². The van der Waals surface area contributed by atoms with Gasteiger partial charge in [0.1, 0.15) is 7.11 Å². The van der Waals surface area contributed by atoms with Crippen LogP contribution in [0, 0.1) is 0 Å². The van der Waals surface area contributed by atoms with Crippen molar-refractivity contribution in [2.24, 2.45) is 5.16 Å². The number of hydrogen-bond donors (Lipinski definition) is 0. The van der Waals surface area contributed by atoms with Crippen molar-refractivity contribution in [1.29, 1.82) is 0 Å². The quantitative estimate of drug-likeness (QED) is 0.468. The Morgan fingerprint density at radius 3 is 2.17 bits per heavy atom. The van der Waals surface area contributed by atoms with E-state index in [1.165, 1.54) is 7.11 Å². The van der Waals surface area contributed by atoms with Gasteiger partial charge in [0, 0.05) is 10.5 Å². The van der Waals surface area contributed by atoms with E-state index < -0.39 is 30.1 Å². The SMILES string of the molecule is CO/N=C/c1cc(C(F)(F)F)cc(Cl)c1B1OC(C)(C)C(C)(C)O1. The van der Waals surface area contributed by atoms with Gasteiger partial charge in [-0.15, -0.1) is 0 Å². The lowest BCUT2D eigenvalue weighted by Gasteiger charge is -2.32. The lowest BCUT2D eigenvalue weighted by atomic mass is 9.75. The summed E-state index contributed by atoms with van der Waals surface area (Å²) in [7, 11) is 0.378. The molecule has 0 aliphatic carbocycles. The number of benzene rings is 1. The highest BCUT2D eigenvalue weighted by molar-refractivity contribution is 6.67. The van der Waals surface area contributed by atoms with Gasteiger partial charge >= 0.3 is 13.3 Å². The predicted octanol–water partition coefficient (Wildman–Crippen LogP) is 3.64. The second kappa shape index (κ2) is 6.24. The summed E-state index contributed by atoms with van der Waals surface area (Å²) in [6.07, 6.45) is -3.38. The zero-order valence-electron chi connectivity index (χ0n) is 14.0. The van der Waals surface area contributed by atoms with Crippen molar-refractivity contribution in [3.63, 3.8) is 0 Å². The number of hydrogen-bond acceptors (Lipinski definition) is 4. The largest absolute Gasteiger partial charge is 0.497 e.